The molecule has 3 aliphatic heterocycles. The van der Waals surface area contributed by atoms with E-state index in [1.807, 2.05) is 11.9 Å². The molecule has 0 fully saturated rings. The maximum absolute atomic E-state index is 5.70. The molecule has 4 rings (SSSR count). The molecule has 1 aromatic carbocycles. The monoisotopic (exact) mass is 289 g/mol. The van der Waals surface area contributed by atoms with Crippen LogP contribution >= 0.6 is 11.9 Å². The van der Waals surface area contributed by atoms with Gasteiger partial charge in [0.25, 0.3) is 0 Å². The Morgan fingerprint density at radius 2 is 2.00 bits per heavy atom. The Kier molecular flexibility index (Phi) is 3.13. The Morgan fingerprint density at radius 1 is 1.20 bits per heavy atom. The van der Waals surface area contributed by atoms with Crippen LogP contribution in [-0.2, 0) is 0 Å². The molecule has 0 saturated heterocycles. The first-order valence-electron chi connectivity index (χ1n) is 7.11. The normalized spacial score (nSPS) is 21.9. The average molecular weight is 289 g/mol. The molecule has 0 unspecified atom stereocenters. The van der Waals surface area contributed by atoms with E-state index in [9.17, 15) is 0 Å². The third-order valence-electron chi connectivity index (χ3n) is 4.17. The maximum Gasteiger partial charge on any atom is 0.142 e. The van der Waals surface area contributed by atoms with Gasteiger partial charge in [0.05, 0.1) is 12.2 Å². The molecule has 1 aromatic rings. The molecule has 0 saturated carbocycles. The topological polar surface area (TPSA) is 27.7 Å². The Labute approximate surface area is 123 Å². The highest BCUT2D eigenvalue weighted by atomic mass is 32.2. The van der Waals surface area contributed by atoms with E-state index in [-0.39, 0.29) is 0 Å². The summed E-state index contributed by atoms with van der Waals surface area (Å²) in [6.45, 7) is 6.09. The minimum Gasteiger partial charge on any atom is -0.490 e. The zero-order valence-corrected chi connectivity index (χ0v) is 12.5. The van der Waals surface area contributed by atoms with Crippen LogP contribution in [0.2, 0.25) is 0 Å². The lowest BCUT2D eigenvalue weighted by atomic mass is 10.2. The van der Waals surface area contributed by atoms with Crippen LogP contribution in [0, 0.1) is 0 Å². The van der Waals surface area contributed by atoms with Crippen molar-refractivity contribution < 1.29 is 4.74 Å². The largest absolute Gasteiger partial charge is 0.490 e. The first-order valence-corrected chi connectivity index (χ1v) is 7.88. The van der Waals surface area contributed by atoms with Crippen LogP contribution in [0.3, 0.4) is 0 Å². The number of benzene rings is 1. The van der Waals surface area contributed by atoms with E-state index in [0.29, 0.717) is 0 Å². The van der Waals surface area contributed by atoms with E-state index in [1.54, 1.807) is 11.1 Å². The highest BCUT2D eigenvalue weighted by Crippen LogP contribution is 2.37. The van der Waals surface area contributed by atoms with Crippen molar-refractivity contribution in [3.63, 3.8) is 0 Å². The van der Waals surface area contributed by atoms with Gasteiger partial charge in [-0.2, -0.15) is 0 Å². The fourth-order valence-electron chi connectivity index (χ4n) is 3.03. The number of nitrogens with one attached hydrogen (secondary N) is 1. The molecule has 0 aliphatic carbocycles. The van der Waals surface area contributed by atoms with Crippen LogP contribution in [0.15, 0.2) is 34.2 Å². The first-order chi connectivity index (χ1) is 9.79. The van der Waals surface area contributed by atoms with Crippen LogP contribution in [0.25, 0.3) is 0 Å². The van der Waals surface area contributed by atoms with Crippen molar-refractivity contribution in [2.45, 2.75) is 4.90 Å². The fourth-order valence-corrected chi connectivity index (χ4v) is 4.06. The second-order valence-electron chi connectivity index (χ2n) is 5.60. The van der Waals surface area contributed by atoms with Gasteiger partial charge in [-0.3, -0.25) is 0 Å². The third-order valence-corrected chi connectivity index (χ3v) is 5.15. The van der Waals surface area contributed by atoms with Crippen molar-refractivity contribution >= 4 is 17.6 Å². The van der Waals surface area contributed by atoms with Gasteiger partial charge in [0.1, 0.15) is 12.4 Å². The van der Waals surface area contributed by atoms with Crippen LogP contribution in [-0.4, -0.2) is 50.7 Å². The number of ether oxygens (including phenoxy) is 1. The molecule has 0 aromatic heterocycles. The summed E-state index contributed by atoms with van der Waals surface area (Å²) in [7, 11) is 2.13. The van der Waals surface area contributed by atoms with Crippen molar-refractivity contribution in [2.24, 2.45) is 0 Å². The van der Waals surface area contributed by atoms with Crippen molar-refractivity contribution in [1.82, 2.24) is 9.62 Å². The molecule has 1 N–H and O–H groups in total. The Hall–Kier alpha value is -1.17. The quantitative estimate of drug-likeness (QED) is 0.661. The SMILES string of the molecule is CN1CCOc2ccc(SN3CC4=C(CNC4)C3)cc21. The molecular weight excluding hydrogens is 270 g/mol. The van der Waals surface area contributed by atoms with Gasteiger partial charge in [0.2, 0.25) is 0 Å². The molecular formula is C15H19N3OS. The molecule has 0 spiro atoms. The van der Waals surface area contributed by atoms with E-state index >= 15 is 0 Å². The van der Waals surface area contributed by atoms with Gasteiger partial charge in [-0.05, 0) is 41.3 Å². The van der Waals surface area contributed by atoms with Gasteiger partial charge in [0.15, 0.2) is 0 Å². The lowest BCUT2D eigenvalue weighted by Crippen LogP contribution is -2.28. The van der Waals surface area contributed by atoms with Gasteiger partial charge < -0.3 is 15.0 Å². The van der Waals surface area contributed by atoms with Crippen molar-refractivity contribution in [3.05, 3.63) is 29.3 Å². The maximum atomic E-state index is 5.70. The first kappa shape index (κ1) is 12.6. The van der Waals surface area contributed by atoms with E-state index in [0.717, 1.165) is 45.1 Å². The number of fused-ring (bicyclic) bond motifs is 1. The van der Waals surface area contributed by atoms with Crippen molar-refractivity contribution in [1.29, 1.82) is 0 Å². The fraction of sp³-hybridized carbons (Fsp3) is 0.467. The lowest BCUT2D eigenvalue weighted by Gasteiger charge is -2.28. The summed E-state index contributed by atoms with van der Waals surface area (Å²) in [5.41, 5.74) is 4.40. The third kappa shape index (κ3) is 2.20. The van der Waals surface area contributed by atoms with Gasteiger partial charge in [0, 0.05) is 38.1 Å². The highest BCUT2D eigenvalue weighted by Gasteiger charge is 2.26. The van der Waals surface area contributed by atoms with Crippen LogP contribution < -0.4 is 15.0 Å². The smallest absolute Gasteiger partial charge is 0.142 e. The van der Waals surface area contributed by atoms with Gasteiger partial charge >= 0.3 is 0 Å². The Bertz CT molecular complexity index is 556. The molecule has 0 radical (unpaired) electrons. The molecule has 3 aliphatic rings. The summed E-state index contributed by atoms with van der Waals surface area (Å²) < 4.78 is 8.15. The van der Waals surface area contributed by atoms with Crippen LogP contribution in [0.1, 0.15) is 0 Å². The van der Waals surface area contributed by atoms with Crippen LogP contribution in [0.5, 0.6) is 5.75 Å². The molecule has 106 valence electrons. The minimum atomic E-state index is 0.783. The predicted octanol–water partition coefficient (Wildman–Crippen LogP) is 1.74. The van der Waals surface area contributed by atoms with E-state index in [4.69, 9.17) is 4.74 Å². The van der Waals surface area contributed by atoms with E-state index < -0.39 is 0 Å². The minimum absolute atomic E-state index is 0.783. The Balaban J connectivity index is 1.49. The predicted molar refractivity (Wildman–Crippen MR) is 82.5 cm³/mol. The zero-order chi connectivity index (χ0) is 13.5. The summed E-state index contributed by atoms with van der Waals surface area (Å²) in [6.07, 6.45) is 0. The average Bonchev–Trinajstić information content (AvgIpc) is 3.01. The molecule has 3 heterocycles. The van der Waals surface area contributed by atoms with E-state index in [1.165, 1.54) is 10.6 Å². The summed E-state index contributed by atoms with van der Waals surface area (Å²) >= 11 is 1.86. The van der Waals surface area contributed by atoms with Crippen molar-refractivity contribution in [2.75, 3.05) is 51.3 Å². The molecule has 4 nitrogen and oxygen atoms in total. The molecule has 0 atom stereocenters. The number of nitrogens with zero attached hydrogens (tertiary/aromatic N) is 2. The number of rotatable bonds is 2. The second kappa shape index (κ2) is 4.98. The summed E-state index contributed by atoms with van der Waals surface area (Å²) in [5.74, 6) is 1.01. The number of hydrogen-bond donors (Lipinski definition) is 1. The standard InChI is InChI=1S/C15H19N3OS/c1-17-4-5-19-15-3-2-13(6-14(15)17)20-18-9-11-7-16-8-12(11)10-18/h2-3,6,16H,4-5,7-10H2,1H3. The number of likely N-dealkylation sites (N-methyl/N-ethyl adjacent to an activating group) is 1. The van der Waals surface area contributed by atoms with Gasteiger partial charge in [-0.15, -0.1) is 0 Å². The number of anilines is 1. The highest BCUT2D eigenvalue weighted by molar-refractivity contribution is 7.97. The molecule has 5 heteroatoms. The molecule has 0 bridgehead atoms. The molecule has 20 heavy (non-hydrogen) atoms. The van der Waals surface area contributed by atoms with Crippen molar-refractivity contribution in [3.8, 4) is 5.75 Å². The van der Waals surface area contributed by atoms with E-state index in [2.05, 4.69) is 39.8 Å². The Morgan fingerprint density at radius 3 is 2.80 bits per heavy atom. The molecule has 0 amide bonds. The van der Waals surface area contributed by atoms with Gasteiger partial charge in [-0.25, -0.2) is 4.31 Å². The lowest BCUT2D eigenvalue weighted by molar-refractivity contribution is 0.311. The zero-order valence-electron chi connectivity index (χ0n) is 11.7. The summed E-state index contributed by atoms with van der Waals surface area (Å²) in [5, 5.41) is 3.42. The number of hydrogen-bond acceptors (Lipinski definition) is 5. The second-order valence-corrected chi connectivity index (χ2v) is 6.77. The summed E-state index contributed by atoms with van der Waals surface area (Å²) in [4.78, 5) is 3.57. The van der Waals surface area contributed by atoms with Crippen LogP contribution in [0.4, 0.5) is 5.69 Å². The summed E-state index contributed by atoms with van der Waals surface area (Å²) in [6, 6.07) is 6.53. The van der Waals surface area contributed by atoms with Gasteiger partial charge in [-0.1, -0.05) is 0 Å².